The van der Waals surface area contributed by atoms with Gasteiger partial charge in [0, 0.05) is 29.8 Å². The SMILES string of the molecule is Cc1ccc(C(NCC(O)COc2cccc3[nH]ccc23)c2ccccn2)cc1. The molecule has 0 radical (unpaired) electrons. The molecule has 4 aromatic rings. The summed E-state index contributed by atoms with van der Waals surface area (Å²) in [4.78, 5) is 7.66. The first-order chi connectivity index (χ1) is 14.2. The van der Waals surface area contributed by atoms with Crippen molar-refractivity contribution in [3.05, 3.63) is 95.9 Å². The van der Waals surface area contributed by atoms with E-state index in [4.69, 9.17) is 4.74 Å². The number of aromatic amines is 1. The van der Waals surface area contributed by atoms with Gasteiger partial charge in [-0.05, 0) is 42.8 Å². The fourth-order valence-corrected chi connectivity index (χ4v) is 3.38. The summed E-state index contributed by atoms with van der Waals surface area (Å²) in [5, 5.41) is 15.0. The molecule has 5 heteroatoms. The molecule has 0 saturated heterocycles. The van der Waals surface area contributed by atoms with Crippen LogP contribution in [0.25, 0.3) is 10.9 Å². The van der Waals surface area contributed by atoms with Gasteiger partial charge in [0.2, 0.25) is 0 Å². The second kappa shape index (κ2) is 8.90. The molecule has 0 spiro atoms. The molecule has 2 aromatic carbocycles. The van der Waals surface area contributed by atoms with E-state index in [-0.39, 0.29) is 12.6 Å². The van der Waals surface area contributed by atoms with E-state index in [1.807, 2.05) is 48.7 Å². The zero-order chi connectivity index (χ0) is 20.1. The lowest BCUT2D eigenvalue weighted by molar-refractivity contribution is 0.105. The Kier molecular flexibility index (Phi) is 5.89. The molecular formula is C24H25N3O2. The molecule has 2 atom stereocenters. The molecule has 0 aliphatic rings. The average molecular weight is 387 g/mol. The van der Waals surface area contributed by atoms with Gasteiger partial charge in [-0.3, -0.25) is 4.98 Å². The van der Waals surface area contributed by atoms with Crippen molar-refractivity contribution < 1.29 is 9.84 Å². The molecule has 3 N–H and O–H groups in total. The van der Waals surface area contributed by atoms with Gasteiger partial charge in [0.25, 0.3) is 0 Å². The molecule has 148 valence electrons. The maximum absolute atomic E-state index is 10.5. The van der Waals surface area contributed by atoms with Crippen molar-refractivity contribution in [1.82, 2.24) is 15.3 Å². The minimum Gasteiger partial charge on any atom is -0.490 e. The Labute approximate surface area is 170 Å². The van der Waals surface area contributed by atoms with Crippen molar-refractivity contribution in [2.75, 3.05) is 13.2 Å². The van der Waals surface area contributed by atoms with Gasteiger partial charge in [0.1, 0.15) is 18.5 Å². The van der Waals surface area contributed by atoms with Gasteiger partial charge in [-0.2, -0.15) is 0 Å². The molecule has 0 aliphatic heterocycles. The molecule has 0 fully saturated rings. The molecule has 2 heterocycles. The number of ether oxygens (including phenoxy) is 1. The summed E-state index contributed by atoms with van der Waals surface area (Å²) >= 11 is 0. The molecule has 4 rings (SSSR count). The number of nitrogens with one attached hydrogen (secondary N) is 2. The Balaban J connectivity index is 1.41. The van der Waals surface area contributed by atoms with Gasteiger partial charge in [0.05, 0.1) is 11.7 Å². The van der Waals surface area contributed by atoms with Gasteiger partial charge in [-0.1, -0.05) is 42.0 Å². The standard InChI is InChI=1S/C24H25N3O2/c1-17-8-10-18(11-9-17)24(22-5-2-3-13-25-22)27-15-19(28)16-29-23-7-4-6-21-20(23)12-14-26-21/h2-14,19,24,26-28H,15-16H2,1H3. The second-order valence-electron chi connectivity index (χ2n) is 7.17. The normalized spacial score (nSPS) is 13.3. The van der Waals surface area contributed by atoms with E-state index in [1.165, 1.54) is 5.56 Å². The van der Waals surface area contributed by atoms with Gasteiger partial charge >= 0.3 is 0 Å². The van der Waals surface area contributed by atoms with E-state index >= 15 is 0 Å². The van der Waals surface area contributed by atoms with Crippen molar-refractivity contribution >= 4 is 10.9 Å². The average Bonchev–Trinajstić information content (AvgIpc) is 3.24. The topological polar surface area (TPSA) is 70.2 Å². The Morgan fingerprint density at radius 3 is 2.69 bits per heavy atom. The lowest BCUT2D eigenvalue weighted by atomic mass is 10.0. The molecule has 0 bridgehead atoms. The van der Waals surface area contributed by atoms with Crippen LogP contribution in [0, 0.1) is 6.92 Å². The van der Waals surface area contributed by atoms with Crippen LogP contribution in [0.1, 0.15) is 22.9 Å². The van der Waals surface area contributed by atoms with Crippen LogP contribution in [0.5, 0.6) is 5.75 Å². The van der Waals surface area contributed by atoms with E-state index in [9.17, 15) is 5.11 Å². The van der Waals surface area contributed by atoms with E-state index in [1.54, 1.807) is 6.20 Å². The molecule has 0 aliphatic carbocycles. The van der Waals surface area contributed by atoms with Crippen LogP contribution in [0.4, 0.5) is 0 Å². The third-order valence-corrected chi connectivity index (χ3v) is 4.94. The molecule has 0 saturated carbocycles. The monoisotopic (exact) mass is 387 g/mol. The first kappa shape index (κ1) is 19.2. The summed E-state index contributed by atoms with van der Waals surface area (Å²) in [6, 6.07) is 22.0. The Bertz CT molecular complexity index is 1040. The fourth-order valence-electron chi connectivity index (χ4n) is 3.38. The predicted molar refractivity (Wildman–Crippen MR) is 115 cm³/mol. The van der Waals surface area contributed by atoms with Crippen LogP contribution in [-0.4, -0.2) is 34.3 Å². The number of hydrogen-bond acceptors (Lipinski definition) is 4. The highest BCUT2D eigenvalue weighted by molar-refractivity contribution is 5.85. The number of hydrogen-bond donors (Lipinski definition) is 3. The molecular weight excluding hydrogens is 362 g/mol. The second-order valence-corrected chi connectivity index (χ2v) is 7.17. The number of rotatable bonds is 8. The number of aryl methyl sites for hydroxylation is 1. The number of nitrogens with zero attached hydrogens (tertiary/aromatic N) is 1. The quantitative estimate of drug-likeness (QED) is 0.428. The smallest absolute Gasteiger partial charge is 0.128 e. The number of benzene rings is 2. The first-order valence-electron chi connectivity index (χ1n) is 9.78. The molecule has 29 heavy (non-hydrogen) atoms. The van der Waals surface area contributed by atoms with E-state index in [0.29, 0.717) is 6.54 Å². The van der Waals surface area contributed by atoms with Gasteiger partial charge in [0.15, 0.2) is 0 Å². The highest BCUT2D eigenvalue weighted by atomic mass is 16.5. The maximum atomic E-state index is 10.5. The summed E-state index contributed by atoms with van der Waals surface area (Å²) in [6.45, 7) is 2.66. The van der Waals surface area contributed by atoms with Crippen molar-refractivity contribution in [2.24, 2.45) is 0 Å². The molecule has 0 amide bonds. The van der Waals surface area contributed by atoms with Crippen LogP contribution in [0.15, 0.2) is 79.1 Å². The number of aliphatic hydroxyl groups is 1. The lowest BCUT2D eigenvalue weighted by Gasteiger charge is -2.21. The predicted octanol–water partition coefficient (Wildman–Crippen LogP) is 3.99. The highest BCUT2D eigenvalue weighted by Gasteiger charge is 2.17. The van der Waals surface area contributed by atoms with Gasteiger partial charge < -0.3 is 20.1 Å². The summed E-state index contributed by atoms with van der Waals surface area (Å²) in [7, 11) is 0. The van der Waals surface area contributed by atoms with Crippen molar-refractivity contribution in [3.8, 4) is 5.75 Å². The van der Waals surface area contributed by atoms with E-state index in [0.717, 1.165) is 27.9 Å². The first-order valence-corrected chi connectivity index (χ1v) is 9.78. The van der Waals surface area contributed by atoms with Crippen molar-refractivity contribution in [2.45, 2.75) is 19.1 Å². The molecule has 2 unspecified atom stereocenters. The van der Waals surface area contributed by atoms with Gasteiger partial charge in [-0.25, -0.2) is 0 Å². The summed E-state index contributed by atoms with van der Waals surface area (Å²) < 4.78 is 5.87. The summed E-state index contributed by atoms with van der Waals surface area (Å²) in [5.41, 5.74) is 4.26. The van der Waals surface area contributed by atoms with Gasteiger partial charge in [-0.15, -0.1) is 0 Å². The Morgan fingerprint density at radius 1 is 1.03 bits per heavy atom. The number of pyridine rings is 1. The zero-order valence-corrected chi connectivity index (χ0v) is 16.4. The number of H-pyrrole nitrogens is 1. The maximum Gasteiger partial charge on any atom is 0.128 e. The summed E-state index contributed by atoms with van der Waals surface area (Å²) in [5.74, 6) is 0.766. The Hall–Kier alpha value is -3.15. The van der Waals surface area contributed by atoms with Crippen LogP contribution in [0.3, 0.4) is 0 Å². The minimum absolute atomic E-state index is 0.0976. The summed E-state index contributed by atoms with van der Waals surface area (Å²) in [6.07, 6.45) is 3.02. The Morgan fingerprint density at radius 2 is 1.90 bits per heavy atom. The number of aromatic nitrogens is 2. The minimum atomic E-state index is -0.652. The number of fused-ring (bicyclic) bond motifs is 1. The molecule has 2 aromatic heterocycles. The van der Waals surface area contributed by atoms with Crippen LogP contribution in [-0.2, 0) is 0 Å². The largest absolute Gasteiger partial charge is 0.490 e. The number of aliphatic hydroxyl groups excluding tert-OH is 1. The lowest BCUT2D eigenvalue weighted by Crippen LogP contribution is -2.34. The van der Waals surface area contributed by atoms with Crippen molar-refractivity contribution in [3.63, 3.8) is 0 Å². The van der Waals surface area contributed by atoms with Crippen LogP contribution >= 0.6 is 0 Å². The van der Waals surface area contributed by atoms with Crippen LogP contribution < -0.4 is 10.1 Å². The van der Waals surface area contributed by atoms with Crippen LogP contribution in [0.2, 0.25) is 0 Å². The van der Waals surface area contributed by atoms with E-state index in [2.05, 4.69) is 46.5 Å². The fraction of sp³-hybridized carbons (Fsp3) is 0.208. The van der Waals surface area contributed by atoms with E-state index < -0.39 is 6.10 Å². The molecule has 5 nitrogen and oxygen atoms in total. The highest BCUT2D eigenvalue weighted by Crippen LogP contribution is 2.25. The van der Waals surface area contributed by atoms with Crippen molar-refractivity contribution in [1.29, 1.82) is 0 Å². The third kappa shape index (κ3) is 4.65. The third-order valence-electron chi connectivity index (χ3n) is 4.94. The zero-order valence-electron chi connectivity index (χ0n) is 16.4.